The van der Waals surface area contributed by atoms with Gasteiger partial charge >= 0.3 is 6.03 Å². The van der Waals surface area contributed by atoms with Crippen molar-refractivity contribution in [3.63, 3.8) is 0 Å². The zero-order valence-electron chi connectivity index (χ0n) is 11.6. The Kier molecular flexibility index (Phi) is 4.95. The largest absolute Gasteiger partial charge is 0.325 e. The topological polar surface area (TPSA) is 73.5 Å². The number of carbonyl (C=O) groups excluding carboxylic acids is 2. The Morgan fingerprint density at radius 1 is 1.10 bits per heavy atom. The quantitative estimate of drug-likeness (QED) is 0.779. The van der Waals surface area contributed by atoms with E-state index in [0.717, 1.165) is 25.9 Å². The molecule has 1 saturated heterocycles. The molecule has 3 amide bonds. The molecule has 0 aromatic heterocycles. The Hall–Kier alpha value is -2.08. The van der Waals surface area contributed by atoms with E-state index in [-0.39, 0.29) is 18.5 Å². The van der Waals surface area contributed by atoms with Crippen molar-refractivity contribution in [2.75, 3.05) is 37.3 Å². The van der Waals surface area contributed by atoms with E-state index in [1.54, 1.807) is 24.1 Å². The third-order valence-electron chi connectivity index (χ3n) is 3.17. The maximum absolute atomic E-state index is 12.1. The van der Waals surface area contributed by atoms with Gasteiger partial charge in [-0.3, -0.25) is 4.79 Å². The van der Waals surface area contributed by atoms with Gasteiger partial charge in [0.1, 0.15) is 0 Å². The first-order valence-electron chi connectivity index (χ1n) is 6.80. The molecule has 1 aromatic carbocycles. The molecule has 3 N–H and O–H groups in total. The van der Waals surface area contributed by atoms with Gasteiger partial charge in [-0.15, -0.1) is 0 Å². The molecule has 0 bridgehead atoms. The summed E-state index contributed by atoms with van der Waals surface area (Å²) in [6, 6.07) is 7.09. The van der Waals surface area contributed by atoms with E-state index in [4.69, 9.17) is 0 Å². The van der Waals surface area contributed by atoms with E-state index in [2.05, 4.69) is 16.0 Å². The summed E-state index contributed by atoms with van der Waals surface area (Å²) in [5.74, 6) is -0.143. The molecule has 0 aliphatic carbocycles. The summed E-state index contributed by atoms with van der Waals surface area (Å²) < 4.78 is 0. The normalized spacial score (nSPS) is 14.2. The van der Waals surface area contributed by atoms with Crippen molar-refractivity contribution >= 4 is 23.3 Å². The van der Waals surface area contributed by atoms with Gasteiger partial charge in [0.15, 0.2) is 0 Å². The lowest BCUT2D eigenvalue weighted by Gasteiger charge is -2.18. The summed E-state index contributed by atoms with van der Waals surface area (Å²) in [6.07, 6.45) is 2.10. The predicted octanol–water partition coefficient (Wildman–Crippen LogP) is 1.47. The van der Waals surface area contributed by atoms with E-state index in [1.807, 2.05) is 12.1 Å². The highest BCUT2D eigenvalue weighted by molar-refractivity contribution is 5.99. The number of rotatable bonds is 4. The number of para-hydroxylation sites is 2. The van der Waals surface area contributed by atoms with E-state index in [0.29, 0.717) is 11.4 Å². The lowest BCUT2D eigenvalue weighted by Crippen LogP contribution is -2.32. The fourth-order valence-corrected chi connectivity index (χ4v) is 2.17. The van der Waals surface area contributed by atoms with Crippen LogP contribution in [0.5, 0.6) is 0 Å². The highest BCUT2D eigenvalue weighted by Gasteiger charge is 2.18. The van der Waals surface area contributed by atoms with Crippen LogP contribution in [0.3, 0.4) is 0 Å². The molecular weight excluding hydrogens is 256 g/mol. The van der Waals surface area contributed by atoms with Crippen LogP contribution in [-0.2, 0) is 4.79 Å². The van der Waals surface area contributed by atoms with Crippen LogP contribution in [0, 0.1) is 0 Å². The van der Waals surface area contributed by atoms with Gasteiger partial charge < -0.3 is 20.9 Å². The zero-order chi connectivity index (χ0) is 14.4. The Labute approximate surface area is 118 Å². The minimum atomic E-state index is -0.143. The molecule has 6 heteroatoms. The molecule has 0 spiro atoms. The Balaban J connectivity index is 2.03. The monoisotopic (exact) mass is 276 g/mol. The van der Waals surface area contributed by atoms with Crippen molar-refractivity contribution in [1.29, 1.82) is 0 Å². The average Bonchev–Trinajstić information content (AvgIpc) is 2.95. The first-order chi connectivity index (χ1) is 9.70. The minimum Gasteiger partial charge on any atom is -0.325 e. The molecular formula is C14H20N4O2. The SMILES string of the molecule is CNCC(=O)Nc1ccccc1NC(=O)N1CCCC1. The predicted molar refractivity (Wildman–Crippen MR) is 78.8 cm³/mol. The number of nitrogens with one attached hydrogen (secondary N) is 3. The van der Waals surface area contributed by atoms with Crippen molar-refractivity contribution in [3.05, 3.63) is 24.3 Å². The third kappa shape index (κ3) is 3.71. The van der Waals surface area contributed by atoms with E-state index in [1.165, 1.54) is 0 Å². The minimum absolute atomic E-state index is 0.113. The molecule has 0 radical (unpaired) electrons. The summed E-state index contributed by atoms with van der Waals surface area (Å²) in [5, 5.41) is 8.41. The Bertz CT molecular complexity index is 484. The highest BCUT2D eigenvalue weighted by atomic mass is 16.2. The number of amides is 3. The van der Waals surface area contributed by atoms with Crippen molar-refractivity contribution in [2.45, 2.75) is 12.8 Å². The molecule has 1 fully saturated rings. The summed E-state index contributed by atoms with van der Waals surface area (Å²) in [5.41, 5.74) is 1.23. The number of carbonyl (C=O) groups is 2. The van der Waals surface area contributed by atoms with Gasteiger partial charge in [0, 0.05) is 13.1 Å². The van der Waals surface area contributed by atoms with Crippen LogP contribution in [0.2, 0.25) is 0 Å². The lowest BCUT2D eigenvalue weighted by molar-refractivity contribution is -0.115. The van der Waals surface area contributed by atoms with Crippen molar-refractivity contribution in [3.8, 4) is 0 Å². The maximum Gasteiger partial charge on any atom is 0.321 e. The highest BCUT2D eigenvalue weighted by Crippen LogP contribution is 2.22. The second-order valence-corrected chi connectivity index (χ2v) is 4.75. The number of anilines is 2. The molecule has 20 heavy (non-hydrogen) atoms. The van der Waals surface area contributed by atoms with Crippen LogP contribution in [0.4, 0.5) is 16.2 Å². The van der Waals surface area contributed by atoms with Crippen LogP contribution in [0.1, 0.15) is 12.8 Å². The van der Waals surface area contributed by atoms with Crippen molar-refractivity contribution in [2.24, 2.45) is 0 Å². The smallest absolute Gasteiger partial charge is 0.321 e. The molecule has 1 aliphatic heterocycles. The van der Waals surface area contributed by atoms with Gasteiger partial charge in [0.2, 0.25) is 5.91 Å². The fraction of sp³-hybridized carbons (Fsp3) is 0.429. The molecule has 0 unspecified atom stereocenters. The number of likely N-dealkylation sites (tertiary alicyclic amines) is 1. The van der Waals surface area contributed by atoms with Crippen molar-refractivity contribution in [1.82, 2.24) is 10.2 Å². The molecule has 1 aromatic rings. The van der Waals surface area contributed by atoms with E-state index in [9.17, 15) is 9.59 Å². The molecule has 108 valence electrons. The number of benzene rings is 1. The number of likely N-dealkylation sites (N-methyl/N-ethyl adjacent to an activating group) is 1. The van der Waals surface area contributed by atoms with Gasteiger partial charge in [-0.2, -0.15) is 0 Å². The summed E-state index contributed by atoms with van der Waals surface area (Å²) in [7, 11) is 1.71. The lowest BCUT2D eigenvalue weighted by atomic mass is 10.2. The number of nitrogens with zero attached hydrogens (tertiary/aromatic N) is 1. The third-order valence-corrected chi connectivity index (χ3v) is 3.17. The Morgan fingerprint density at radius 2 is 1.70 bits per heavy atom. The Morgan fingerprint density at radius 3 is 2.30 bits per heavy atom. The summed E-state index contributed by atoms with van der Waals surface area (Å²) >= 11 is 0. The number of urea groups is 1. The van der Waals surface area contributed by atoms with Gasteiger partial charge in [-0.1, -0.05) is 12.1 Å². The van der Waals surface area contributed by atoms with Gasteiger partial charge in [0.05, 0.1) is 17.9 Å². The van der Waals surface area contributed by atoms with Crippen molar-refractivity contribution < 1.29 is 9.59 Å². The van der Waals surface area contributed by atoms with Crippen LogP contribution in [0.25, 0.3) is 0 Å². The maximum atomic E-state index is 12.1. The van der Waals surface area contributed by atoms with Gasteiger partial charge in [0.25, 0.3) is 0 Å². The average molecular weight is 276 g/mol. The first-order valence-corrected chi connectivity index (χ1v) is 6.80. The van der Waals surface area contributed by atoms with Crippen LogP contribution in [0.15, 0.2) is 24.3 Å². The number of hydrogen-bond donors (Lipinski definition) is 3. The van der Waals surface area contributed by atoms with E-state index < -0.39 is 0 Å². The van der Waals surface area contributed by atoms with Crippen LogP contribution < -0.4 is 16.0 Å². The van der Waals surface area contributed by atoms with Gasteiger partial charge in [-0.05, 0) is 32.0 Å². The van der Waals surface area contributed by atoms with E-state index >= 15 is 0 Å². The summed E-state index contributed by atoms with van der Waals surface area (Å²) in [6.45, 7) is 1.81. The first kappa shape index (κ1) is 14.3. The van der Waals surface area contributed by atoms with Crippen LogP contribution in [-0.4, -0.2) is 43.5 Å². The fourth-order valence-electron chi connectivity index (χ4n) is 2.17. The second-order valence-electron chi connectivity index (χ2n) is 4.75. The van der Waals surface area contributed by atoms with Crippen LogP contribution >= 0.6 is 0 Å². The molecule has 1 heterocycles. The number of hydrogen-bond acceptors (Lipinski definition) is 3. The molecule has 1 aliphatic rings. The van der Waals surface area contributed by atoms with Gasteiger partial charge in [-0.25, -0.2) is 4.79 Å². The summed E-state index contributed by atoms with van der Waals surface area (Å²) in [4.78, 5) is 25.5. The second kappa shape index (κ2) is 6.91. The molecule has 0 saturated carbocycles. The molecule has 2 rings (SSSR count). The standard InChI is InChI=1S/C14H20N4O2/c1-15-10-13(19)16-11-6-2-3-7-12(11)17-14(20)18-8-4-5-9-18/h2-3,6-7,15H,4-5,8-10H2,1H3,(H,16,19)(H,17,20). The zero-order valence-corrected chi connectivity index (χ0v) is 11.6. The molecule has 6 nitrogen and oxygen atoms in total. The molecule has 0 atom stereocenters.